The molecule has 0 atom stereocenters. The Morgan fingerprint density at radius 3 is 2.56 bits per heavy atom. The largest absolute Gasteiger partial charge is 0.469 e. The minimum atomic E-state index is -0.681. The summed E-state index contributed by atoms with van der Waals surface area (Å²) in [5.74, 6) is -0.469. The summed E-state index contributed by atoms with van der Waals surface area (Å²) in [7, 11) is 4.69. The molecule has 0 N–H and O–H groups in total. The number of carbonyl (C=O) groups is 2. The maximum absolute atomic E-state index is 11.7. The van der Waals surface area contributed by atoms with Gasteiger partial charge < -0.3 is 9.64 Å². The fourth-order valence-electron chi connectivity index (χ4n) is 1.54. The Balaban J connectivity index is 2.82. The number of esters is 1. The molecule has 0 aliphatic carbocycles. The fourth-order valence-corrected chi connectivity index (χ4v) is 1.54. The predicted molar refractivity (Wildman–Crippen MR) is 66.0 cm³/mol. The summed E-state index contributed by atoms with van der Waals surface area (Å²) in [6.07, 6.45) is 1.68. The summed E-state index contributed by atoms with van der Waals surface area (Å²) in [6, 6.07) is 1.63. The normalized spacial score (nSPS) is 11.2. The van der Waals surface area contributed by atoms with Crippen molar-refractivity contribution in [3.63, 3.8) is 0 Å². The van der Waals surface area contributed by atoms with E-state index in [2.05, 4.69) is 5.10 Å². The van der Waals surface area contributed by atoms with Gasteiger partial charge in [-0.2, -0.15) is 5.10 Å². The molecule has 100 valence electrons. The average Bonchev–Trinajstić information content (AvgIpc) is 2.74. The molecule has 0 fully saturated rings. The molecule has 0 saturated heterocycles. The van der Waals surface area contributed by atoms with E-state index in [1.807, 2.05) is 0 Å². The van der Waals surface area contributed by atoms with Crippen LogP contribution in [0.2, 0.25) is 0 Å². The zero-order chi connectivity index (χ0) is 13.9. The van der Waals surface area contributed by atoms with Crippen molar-refractivity contribution in [2.24, 2.45) is 5.41 Å². The van der Waals surface area contributed by atoms with Crippen molar-refractivity contribution < 1.29 is 14.3 Å². The maximum Gasteiger partial charge on any atom is 0.313 e. The van der Waals surface area contributed by atoms with Gasteiger partial charge in [-0.25, -0.2) is 0 Å². The zero-order valence-corrected chi connectivity index (χ0v) is 11.4. The second-order valence-corrected chi connectivity index (χ2v) is 4.97. The Bertz CT molecular complexity index is 449. The lowest BCUT2D eigenvalue weighted by Crippen LogP contribution is -2.31. The van der Waals surface area contributed by atoms with E-state index in [9.17, 15) is 9.59 Å². The molecule has 0 unspecified atom stereocenters. The highest BCUT2D eigenvalue weighted by Gasteiger charge is 2.29. The van der Waals surface area contributed by atoms with E-state index >= 15 is 0 Å². The van der Waals surface area contributed by atoms with E-state index in [4.69, 9.17) is 4.74 Å². The average molecular weight is 253 g/mol. The SMILES string of the molecule is COC(=O)C(C)(C)Cn1ccc(C(=O)N(C)C)n1. The molecular weight excluding hydrogens is 234 g/mol. The predicted octanol–water partition coefficient (Wildman–Crippen LogP) is 0.784. The number of ether oxygens (including phenoxy) is 1. The molecule has 1 heterocycles. The molecule has 6 heteroatoms. The first-order valence-corrected chi connectivity index (χ1v) is 5.61. The fraction of sp³-hybridized carbons (Fsp3) is 0.583. The molecule has 0 saturated carbocycles. The van der Waals surface area contributed by atoms with Crippen molar-refractivity contribution >= 4 is 11.9 Å². The van der Waals surface area contributed by atoms with Crippen molar-refractivity contribution in [2.75, 3.05) is 21.2 Å². The molecule has 1 aromatic heterocycles. The summed E-state index contributed by atoms with van der Waals surface area (Å²) in [4.78, 5) is 24.7. The van der Waals surface area contributed by atoms with E-state index in [1.165, 1.54) is 12.0 Å². The van der Waals surface area contributed by atoms with Gasteiger partial charge in [-0.05, 0) is 19.9 Å². The Labute approximate surface area is 107 Å². The van der Waals surface area contributed by atoms with Crippen LogP contribution >= 0.6 is 0 Å². The number of carbonyl (C=O) groups excluding carboxylic acids is 2. The molecule has 1 aromatic rings. The van der Waals surface area contributed by atoms with Crippen LogP contribution < -0.4 is 0 Å². The Morgan fingerprint density at radius 1 is 1.44 bits per heavy atom. The number of rotatable bonds is 4. The lowest BCUT2D eigenvalue weighted by molar-refractivity contribution is -0.151. The summed E-state index contributed by atoms with van der Waals surface area (Å²) in [6.45, 7) is 3.91. The number of aromatic nitrogens is 2. The highest BCUT2D eigenvalue weighted by atomic mass is 16.5. The van der Waals surface area contributed by atoms with Crippen LogP contribution in [-0.4, -0.2) is 47.8 Å². The quantitative estimate of drug-likeness (QED) is 0.744. The summed E-state index contributed by atoms with van der Waals surface area (Å²) in [5, 5.41) is 4.15. The zero-order valence-electron chi connectivity index (χ0n) is 11.4. The third kappa shape index (κ3) is 3.09. The highest BCUT2D eigenvalue weighted by Crippen LogP contribution is 2.19. The molecule has 6 nitrogen and oxygen atoms in total. The van der Waals surface area contributed by atoms with Crippen molar-refractivity contribution in [1.82, 2.24) is 14.7 Å². The molecule has 0 aliphatic rings. The summed E-state index contributed by atoms with van der Waals surface area (Å²) < 4.78 is 6.30. The minimum Gasteiger partial charge on any atom is -0.469 e. The molecule has 0 bridgehead atoms. The molecule has 18 heavy (non-hydrogen) atoms. The molecule has 0 aromatic carbocycles. The van der Waals surface area contributed by atoms with Crippen LogP contribution in [-0.2, 0) is 16.1 Å². The lowest BCUT2D eigenvalue weighted by atomic mass is 9.94. The Hall–Kier alpha value is -1.85. The van der Waals surface area contributed by atoms with Gasteiger partial charge in [0.05, 0.1) is 19.1 Å². The van der Waals surface area contributed by atoms with Crippen molar-refractivity contribution in [3.8, 4) is 0 Å². The summed E-state index contributed by atoms with van der Waals surface area (Å²) >= 11 is 0. The van der Waals surface area contributed by atoms with E-state index in [1.54, 1.807) is 44.9 Å². The molecule has 0 aliphatic heterocycles. The van der Waals surface area contributed by atoms with Crippen molar-refractivity contribution in [3.05, 3.63) is 18.0 Å². The van der Waals surface area contributed by atoms with Crippen molar-refractivity contribution in [2.45, 2.75) is 20.4 Å². The van der Waals surface area contributed by atoms with Gasteiger partial charge in [0.15, 0.2) is 0 Å². The van der Waals surface area contributed by atoms with Gasteiger partial charge in [0.2, 0.25) is 0 Å². The maximum atomic E-state index is 11.7. The van der Waals surface area contributed by atoms with Gasteiger partial charge in [-0.15, -0.1) is 0 Å². The number of hydrogen-bond donors (Lipinski definition) is 0. The highest BCUT2D eigenvalue weighted by molar-refractivity contribution is 5.91. The van der Waals surface area contributed by atoms with Crippen LogP contribution in [0.5, 0.6) is 0 Å². The topological polar surface area (TPSA) is 64.4 Å². The number of hydrogen-bond acceptors (Lipinski definition) is 4. The minimum absolute atomic E-state index is 0.162. The summed E-state index contributed by atoms with van der Waals surface area (Å²) in [5.41, 5.74) is -0.320. The molecule has 1 amide bonds. The molecule has 0 spiro atoms. The number of methoxy groups -OCH3 is 1. The number of nitrogens with zero attached hydrogens (tertiary/aromatic N) is 3. The van der Waals surface area contributed by atoms with Crippen LogP contribution in [0.4, 0.5) is 0 Å². The third-order valence-corrected chi connectivity index (χ3v) is 2.56. The molecular formula is C12H19N3O3. The first-order chi connectivity index (χ1) is 8.27. The Morgan fingerprint density at radius 2 is 2.06 bits per heavy atom. The van der Waals surface area contributed by atoms with E-state index in [-0.39, 0.29) is 11.9 Å². The van der Waals surface area contributed by atoms with Gasteiger partial charge in [0.25, 0.3) is 5.91 Å². The van der Waals surface area contributed by atoms with Crippen LogP contribution in [0, 0.1) is 5.41 Å². The van der Waals surface area contributed by atoms with Crippen LogP contribution in [0.1, 0.15) is 24.3 Å². The van der Waals surface area contributed by atoms with Gasteiger partial charge in [0.1, 0.15) is 5.69 Å². The second kappa shape index (κ2) is 5.20. The van der Waals surface area contributed by atoms with Gasteiger partial charge >= 0.3 is 5.97 Å². The standard InChI is InChI=1S/C12H19N3O3/c1-12(2,11(17)18-5)8-15-7-6-9(13-15)10(16)14(3)4/h6-7H,8H2,1-5H3. The van der Waals surface area contributed by atoms with Crippen LogP contribution in [0.3, 0.4) is 0 Å². The van der Waals surface area contributed by atoms with Gasteiger partial charge in [-0.1, -0.05) is 0 Å². The molecule has 0 radical (unpaired) electrons. The first kappa shape index (κ1) is 14.2. The van der Waals surface area contributed by atoms with Crippen LogP contribution in [0.25, 0.3) is 0 Å². The lowest BCUT2D eigenvalue weighted by Gasteiger charge is -2.21. The van der Waals surface area contributed by atoms with E-state index < -0.39 is 5.41 Å². The smallest absolute Gasteiger partial charge is 0.313 e. The monoisotopic (exact) mass is 253 g/mol. The van der Waals surface area contributed by atoms with Gasteiger partial charge in [0, 0.05) is 20.3 Å². The molecule has 1 rings (SSSR count). The van der Waals surface area contributed by atoms with E-state index in [0.29, 0.717) is 12.2 Å². The van der Waals surface area contributed by atoms with Crippen LogP contribution in [0.15, 0.2) is 12.3 Å². The van der Waals surface area contributed by atoms with Gasteiger partial charge in [-0.3, -0.25) is 14.3 Å². The number of amides is 1. The van der Waals surface area contributed by atoms with Crippen molar-refractivity contribution in [1.29, 1.82) is 0 Å². The van der Waals surface area contributed by atoms with E-state index in [0.717, 1.165) is 0 Å². The first-order valence-electron chi connectivity index (χ1n) is 5.61. The Kier molecular flexibility index (Phi) is 4.11. The third-order valence-electron chi connectivity index (χ3n) is 2.56. The second-order valence-electron chi connectivity index (χ2n) is 4.97.